The lowest BCUT2D eigenvalue weighted by Crippen LogP contribution is -2.30. The van der Waals surface area contributed by atoms with Crippen LogP contribution in [-0.4, -0.2) is 34.4 Å². The number of hydrogen-bond donors (Lipinski definition) is 2. The molecular weight excluding hydrogens is 319 g/mol. The Labute approximate surface area is 145 Å². The van der Waals surface area contributed by atoms with E-state index in [0.717, 1.165) is 28.0 Å². The standard InChI is InChI=1S/C19H21FN4O/c1-12-4-6-14(20)16(8-12)23-19(25)11-24(3)10-18-21-15-7-5-13(2)9-17(15)22-18/h4-9H,10-11H2,1-3H3,(H,21,22)(H,23,25). The zero-order valence-corrected chi connectivity index (χ0v) is 14.6. The fourth-order valence-electron chi connectivity index (χ4n) is 2.73. The summed E-state index contributed by atoms with van der Waals surface area (Å²) in [6.07, 6.45) is 0. The number of aryl methyl sites for hydroxylation is 2. The summed E-state index contributed by atoms with van der Waals surface area (Å²) < 4.78 is 13.7. The average molecular weight is 340 g/mol. The molecule has 2 N–H and O–H groups in total. The van der Waals surface area contributed by atoms with Crippen LogP contribution in [0.2, 0.25) is 0 Å². The van der Waals surface area contributed by atoms with Crippen molar-refractivity contribution in [3.05, 3.63) is 59.2 Å². The van der Waals surface area contributed by atoms with Gasteiger partial charge in [0.2, 0.25) is 5.91 Å². The van der Waals surface area contributed by atoms with Crippen LogP contribution in [0.5, 0.6) is 0 Å². The third-order valence-corrected chi connectivity index (χ3v) is 3.92. The highest BCUT2D eigenvalue weighted by Crippen LogP contribution is 2.16. The second-order valence-electron chi connectivity index (χ2n) is 6.41. The van der Waals surface area contributed by atoms with Gasteiger partial charge >= 0.3 is 0 Å². The van der Waals surface area contributed by atoms with E-state index in [4.69, 9.17) is 0 Å². The first-order valence-corrected chi connectivity index (χ1v) is 8.10. The molecule has 0 unspecified atom stereocenters. The number of H-pyrrole nitrogens is 1. The van der Waals surface area contributed by atoms with Crippen LogP contribution in [0.1, 0.15) is 17.0 Å². The van der Waals surface area contributed by atoms with Crippen molar-refractivity contribution in [2.45, 2.75) is 20.4 Å². The van der Waals surface area contributed by atoms with Crippen molar-refractivity contribution in [1.82, 2.24) is 14.9 Å². The first kappa shape index (κ1) is 17.1. The molecule has 2 aromatic carbocycles. The Bertz CT molecular complexity index is 919. The van der Waals surface area contributed by atoms with E-state index in [1.807, 2.05) is 44.0 Å². The maximum atomic E-state index is 13.7. The van der Waals surface area contributed by atoms with Crippen LogP contribution in [-0.2, 0) is 11.3 Å². The summed E-state index contributed by atoms with van der Waals surface area (Å²) in [4.78, 5) is 21.8. The number of fused-ring (bicyclic) bond motifs is 1. The van der Waals surface area contributed by atoms with Crippen LogP contribution in [0.15, 0.2) is 36.4 Å². The maximum Gasteiger partial charge on any atom is 0.238 e. The van der Waals surface area contributed by atoms with E-state index in [2.05, 4.69) is 15.3 Å². The molecule has 3 rings (SSSR count). The highest BCUT2D eigenvalue weighted by atomic mass is 19.1. The van der Waals surface area contributed by atoms with Crippen LogP contribution in [0, 0.1) is 19.7 Å². The minimum absolute atomic E-state index is 0.142. The molecule has 0 atom stereocenters. The van der Waals surface area contributed by atoms with Gasteiger partial charge in [-0.2, -0.15) is 0 Å². The van der Waals surface area contributed by atoms with Crippen LogP contribution in [0.25, 0.3) is 11.0 Å². The molecule has 6 heteroatoms. The summed E-state index contributed by atoms with van der Waals surface area (Å²) in [5.41, 5.74) is 4.14. The predicted molar refractivity (Wildman–Crippen MR) is 96.9 cm³/mol. The van der Waals surface area contributed by atoms with Gasteiger partial charge in [0.25, 0.3) is 0 Å². The van der Waals surface area contributed by atoms with Gasteiger partial charge in [-0.3, -0.25) is 9.69 Å². The van der Waals surface area contributed by atoms with Gasteiger partial charge in [-0.25, -0.2) is 9.37 Å². The van der Waals surface area contributed by atoms with E-state index in [0.29, 0.717) is 6.54 Å². The minimum atomic E-state index is -0.436. The number of amides is 1. The number of aromatic nitrogens is 2. The number of hydrogen-bond acceptors (Lipinski definition) is 3. The Morgan fingerprint density at radius 3 is 2.72 bits per heavy atom. The predicted octanol–water partition coefficient (Wildman–Crippen LogP) is 3.39. The highest BCUT2D eigenvalue weighted by molar-refractivity contribution is 5.92. The molecule has 0 fully saturated rings. The van der Waals surface area contributed by atoms with E-state index in [-0.39, 0.29) is 18.1 Å². The number of halogens is 1. The highest BCUT2D eigenvalue weighted by Gasteiger charge is 2.12. The van der Waals surface area contributed by atoms with E-state index in [9.17, 15) is 9.18 Å². The average Bonchev–Trinajstić information content (AvgIpc) is 2.91. The van der Waals surface area contributed by atoms with Gasteiger partial charge in [-0.15, -0.1) is 0 Å². The number of nitrogens with one attached hydrogen (secondary N) is 2. The lowest BCUT2D eigenvalue weighted by atomic mass is 10.2. The van der Waals surface area contributed by atoms with Gasteiger partial charge in [0.15, 0.2) is 0 Å². The monoisotopic (exact) mass is 340 g/mol. The Hall–Kier alpha value is -2.73. The summed E-state index contributed by atoms with van der Waals surface area (Å²) in [6.45, 7) is 4.52. The third kappa shape index (κ3) is 4.22. The molecule has 1 amide bonds. The molecule has 130 valence electrons. The SMILES string of the molecule is Cc1ccc(F)c(NC(=O)CN(C)Cc2nc3ccc(C)cc3[nH]2)c1. The molecule has 25 heavy (non-hydrogen) atoms. The third-order valence-electron chi connectivity index (χ3n) is 3.92. The molecule has 0 aliphatic rings. The summed E-state index contributed by atoms with van der Waals surface area (Å²) >= 11 is 0. The fourth-order valence-corrected chi connectivity index (χ4v) is 2.73. The first-order valence-electron chi connectivity index (χ1n) is 8.10. The lowest BCUT2D eigenvalue weighted by molar-refractivity contribution is -0.117. The summed E-state index contributed by atoms with van der Waals surface area (Å²) in [6, 6.07) is 10.7. The number of carbonyl (C=O) groups excluding carboxylic acids is 1. The fraction of sp³-hybridized carbons (Fsp3) is 0.263. The van der Waals surface area contributed by atoms with E-state index >= 15 is 0 Å². The number of anilines is 1. The van der Waals surface area contributed by atoms with Crippen molar-refractivity contribution < 1.29 is 9.18 Å². The zero-order valence-electron chi connectivity index (χ0n) is 14.6. The smallest absolute Gasteiger partial charge is 0.238 e. The number of aromatic amines is 1. The van der Waals surface area contributed by atoms with Crippen molar-refractivity contribution in [2.75, 3.05) is 18.9 Å². The van der Waals surface area contributed by atoms with Gasteiger partial charge in [0, 0.05) is 0 Å². The molecule has 0 aliphatic carbocycles. The normalized spacial score (nSPS) is 11.2. The van der Waals surface area contributed by atoms with Gasteiger partial charge in [-0.1, -0.05) is 12.1 Å². The number of rotatable bonds is 5. The van der Waals surface area contributed by atoms with Crippen LogP contribution < -0.4 is 5.32 Å². The minimum Gasteiger partial charge on any atom is -0.341 e. The maximum absolute atomic E-state index is 13.7. The Kier molecular flexibility index (Phi) is 4.81. The second-order valence-corrected chi connectivity index (χ2v) is 6.41. The number of carbonyl (C=O) groups is 1. The number of imidazole rings is 1. The molecule has 0 radical (unpaired) electrons. The number of likely N-dealkylation sites (N-methyl/N-ethyl adjacent to an activating group) is 1. The van der Waals surface area contributed by atoms with Crippen LogP contribution in [0.3, 0.4) is 0 Å². The van der Waals surface area contributed by atoms with Crippen LogP contribution in [0.4, 0.5) is 10.1 Å². The van der Waals surface area contributed by atoms with Gasteiger partial charge < -0.3 is 10.3 Å². The molecule has 0 aliphatic heterocycles. The van der Waals surface area contributed by atoms with Gasteiger partial charge in [-0.05, 0) is 56.3 Å². The summed E-state index contributed by atoms with van der Waals surface area (Å²) in [5, 5.41) is 2.62. The van der Waals surface area contributed by atoms with Gasteiger partial charge in [0.1, 0.15) is 11.6 Å². The Morgan fingerprint density at radius 1 is 1.20 bits per heavy atom. The van der Waals surface area contributed by atoms with Crippen molar-refractivity contribution in [2.24, 2.45) is 0 Å². The Balaban J connectivity index is 1.62. The van der Waals surface area contributed by atoms with E-state index in [1.165, 1.54) is 6.07 Å². The molecule has 1 aromatic heterocycles. The molecule has 0 saturated heterocycles. The Morgan fingerprint density at radius 2 is 1.92 bits per heavy atom. The van der Waals surface area contributed by atoms with Gasteiger partial charge in [0.05, 0.1) is 29.8 Å². The first-order chi connectivity index (χ1) is 11.9. The summed E-state index contributed by atoms with van der Waals surface area (Å²) in [5.74, 6) is 0.0887. The zero-order chi connectivity index (χ0) is 18.0. The van der Waals surface area contributed by atoms with Crippen molar-refractivity contribution in [3.63, 3.8) is 0 Å². The van der Waals surface area contributed by atoms with Crippen molar-refractivity contribution >= 4 is 22.6 Å². The lowest BCUT2D eigenvalue weighted by Gasteiger charge is -2.15. The topological polar surface area (TPSA) is 61.0 Å². The molecule has 0 bridgehead atoms. The number of benzene rings is 2. The quantitative estimate of drug-likeness (QED) is 0.748. The molecule has 0 spiro atoms. The van der Waals surface area contributed by atoms with E-state index < -0.39 is 5.82 Å². The molecule has 1 heterocycles. The number of nitrogens with zero attached hydrogens (tertiary/aromatic N) is 2. The summed E-state index contributed by atoms with van der Waals surface area (Å²) in [7, 11) is 1.82. The van der Waals surface area contributed by atoms with Crippen LogP contribution >= 0.6 is 0 Å². The molecular formula is C19H21FN4O. The van der Waals surface area contributed by atoms with Crippen molar-refractivity contribution in [3.8, 4) is 0 Å². The molecule has 3 aromatic rings. The molecule has 0 saturated carbocycles. The van der Waals surface area contributed by atoms with Crippen molar-refractivity contribution in [1.29, 1.82) is 0 Å². The largest absolute Gasteiger partial charge is 0.341 e. The second kappa shape index (κ2) is 7.03. The van der Waals surface area contributed by atoms with E-state index in [1.54, 1.807) is 12.1 Å². The molecule has 5 nitrogen and oxygen atoms in total.